The lowest BCUT2D eigenvalue weighted by atomic mass is 10.0. The first-order valence-corrected chi connectivity index (χ1v) is 13.8. The molecule has 1 fully saturated rings. The number of hydrogen-bond donors (Lipinski definition) is 4. The van der Waals surface area contributed by atoms with Gasteiger partial charge in [0, 0.05) is 18.7 Å². The van der Waals surface area contributed by atoms with Gasteiger partial charge in [-0.3, -0.25) is 28.5 Å². The molecule has 1 aliphatic rings. The highest BCUT2D eigenvalue weighted by Gasteiger charge is 2.54. The van der Waals surface area contributed by atoms with E-state index < -0.39 is 92.5 Å². The first kappa shape index (κ1) is 32.7. The molecule has 17 heteroatoms. The molecule has 1 aromatic heterocycles. The van der Waals surface area contributed by atoms with Crippen molar-refractivity contribution in [3.05, 3.63) is 33.1 Å². The van der Waals surface area contributed by atoms with Gasteiger partial charge in [0.1, 0.15) is 18.2 Å². The van der Waals surface area contributed by atoms with Crippen molar-refractivity contribution in [2.24, 2.45) is 0 Å². The summed E-state index contributed by atoms with van der Waals surface area (Å²) in [5, 5.41) is 15.2. The zero-order chi connectivity index (χ0) is 29.7. The second-order valence-electron chi connectivity index (χ2n) is 9.66. The van der Waals surface area contributed by atoms with E-state index in [9.17, 15) is 37.6 Å². The first-order valence-electron chi connectivity index (χ1n) is 12.1. The SMILES string of the molecule is CC(C)OC(=O)C(C)NP(=O)(NC(C)C(=O)OC(C)C)OCC1(C(F)F)CC(O)C(n2ccc(=O)[nH]c2=O)O1. The number of aromatic nitrogens is 2. The molecule has 1 aliphatic heterocycles. The Bertz CT molecular complexity index is 1140. The predicted molar refractivity (Wildman–Crippen MR) is 132 cm³/mol. The summed E-state index contributed by atoms with van der Waals surface area (Å²) in [6.07, 6.45) is -7.40. The minimum Gasteiger partial charge on any atom is -0.462 e. The molecule has 0 bridgehead atoms. The number of rotatable bonds is 13. The molecule has 0 saturated carbocycles. The van der Waals surface area contributed by atoms with Gasteiger partial charge in [-0.25, -0.2) is 23.7 Å². The molecular weight excluding hydrogens is 549 g/mol. The van der Waals surface area contributed by atoms with Crippen molar-refractivity contribution in [3.63, 3.8) is 0 Å². The third-order valence-electron chi connectivity index (χ3n) is 5.39. The summed E-state index contributed by atoms with van der Waals surface area (Å²) in [6.45, 7) is 7.81. The number of alkyl halides is 2. The highest BCUT2D eigenvalue weighted by atomic mass is 31.2. The van der Waals surface area contributed by atoms with E-state index >= 15 is 0 Å². The summed E-state index contributed by atoms with van der Waals surface area (Å²) in [4.78, 5) is 50.0. The molecular formula is C22H35F2N4O10P. The van der Waals surface area contributed by atoms with E-state index in [0.29, 0.717) is 0 Å². The van der Waals surface area contributed by atoms with E-state index in [2.05, 4.69) is 10.2 Å². The number of aliphatic hydroxyl groups excluding tert-OH is 1. The number of carbonyl (C=O) groups excluding carboxylic acids is 2. The Labute approximate surface area is 222 Å². The summed E-state index contributed by atoms with van der Waals surface area (Å²) in [5.74, 6) is -1.66. The van der Waals surface area contributed by atoms with Crippen LogP contribution in [0.3, 0.4) is 0 Å². The van der Waals surface area contributed by atoms with Gasteiger partial charge in [-0.2, -0.15) is 0 Å². The van der Waals surface area contributed by atoms with Crippen molar-refractivity contribution in [2.45, 2.75) is 96.6 Å². The fraction of sp³-hybridized carbons (Fsp3) is 0.727. The van der Waals surface area contributed by atoms with Crippen LogP contribution in [0.1, 0.15) is 54.2 Å². The van der Waals surface area contributed by atoms with Crippen LogP contribution in [0.25, 0.3) is 0 Å². The van der Waals surface area contributed by atoms with Gasteiger partial charge in [-0.1, -0.05) is 0 Å². The summed E-state index contributed by atoms with van der Waals surface area (Å²) in [7, 11) is -4.50. The Morgan fingerprint density at radius 1 is 1.13 bits per heavy atom. The maximum absolute atomic E-state index is 14.3. The molecule has 4 N–H and O–H groups in total. The molecule has 222 valence electrons. The van der Waals surface area contributed by atoms with Crippen molar-refractivity contribution in [1.82, 2.24) is 19.7 Å². The van der Waals surface area contributed by atoms with E-state index in [0.717, 1.165) is 16.8 Å². The standard InChI is InChI=1S/C22H35F2N4O10P/c1-11(2)36-18(31)13(5)26-39(34,27-14(6)19(32)37-12(3)4)35-10-22(20(23)24)9-15(29)17(38-22)28-8-7-16(30)25-21(28)33/h7-8,11-15,17,20,29H,9-10H2,1-6H3,(H,25,30,33)(H2,26,27,34). The van der Waals surface area contributed by atoms with E-state index in [1.807, 2.05) is 4.98 Å². The molecule has 0 aromatic carbocycles. The van der Waals surface area contributed by atoms with Crippen molar-refractivity contribution < 1.29 is 46.8 Å². The minimum atomic E-state index is -4.50. The Hall–Kier alpha value is -2.49. The number of ether oxygens (including phenoxy) is 3. The monoisotopic (exact) mass is 584 g/mol. The van der Waals surface area contributed by atoms with Gasteiger partial charge < -0.3 is 23.8 Å². The van der Waals surface area contributed by atoms with Crippen LogP contribution in [0.4, 0.5) is 8.78 Å². The number of carbonyl (C=O) groups is 2. The molecule has 2 heterocycles. The van der Waals surface area contributed by atoms with Crippen LogP contribution < -0.4 is 21.4 Å². The Morgan fingerprint density at radius 3 is 2.08 bits per heavy atom. The fourth-order valence-electron chi connectivity index (χ4n) is 3.58. The van der Waals surface area contributed by atoms with Gasteiger partial charge in [0.2, 0.25) is 0 Å². The zero-order valence-electron chi connectivity index (χ0n) is 22.4. The third-order valence-corrected chi connectivity index (χ3v) is 7.34. The lowest BCUT2D eigenvalue weighted by molar-refractivity contribution is -0.169. The van der Waals surface area contributed by atoms with Gasteiger partial charge in [0.15, 0.2) is 11.8 Å². The quantitative estimate of drug-likeness (QED) is 0.189. The molecule has 14 nitrogen and oxygen atoms in total. The smallest absolute Gasteiger partial charge is 0.342 e. The number of aliphatic hydroxyl groups is 1. The van der Waals surface area contributed by atoms with Gasteiger partial charge in [-0.05, 0) is 41.5 Å². The van der Waals surface area contributed by atoms with E-state index in [-0.39, 0.29) is 0 Å². The van der Waals surface area contributed by atoms with Crippen molar-refractivity contribution in [2.75, 3.05) is 6.61 Å². The number of hydrogen-bond acceptors (Lipinski definition) is 10. The molecule has 2 rings (SSSR count). The van der Waals surface area contributed by atoms with Crippen LogP contribution in [0.5, 0.6) is 0 Å². The Morgan fingerprint density at radius 2 is 1.64 bits per heavy atom. The maximum Gasteiger partial charge on any atom is 0.342 e. The normalized spacial score (nSPS) is 24.5. The van der Waals surface area contributed by atoms with Crippen molar-refractivity contribution >= 4 is 19.6 Å². The second kappa shape index (κ2) is 13.2. The van der Waals surface area contributed by atoms with Gasteiger partial charge in [0.05, 0.1) is 18.8 Å². The van der Waals surface area contributed by atoms with E-state index in [1.54, 1.807) is 27.7 Å². The average molecular weight is 585 g/mol. The number of nitrogens with one attached hydrogen (secondary N) is 3. The van der Waals surface area contributed by atoms with Crippen molar-refractivity contribution in [1.29, 1.82) is 0 Å². The lowest BCUT2D eigenvalue weighted by Crippen LogP contribution is -2.46. The second-order valence-corrected chi connectivity index (χ2v) is 11.5. The van der Waals surface area contributed by atoms with Crippen LogP contribution in [0.15, 0.2) is 21.9 Å². The van der Waals surface area contributed by atoms with Crippen LogP contribution in [0, 0.1) is 0 Å². The molecule has 5 unspecified atom stereocenters. The third kappa shape index (κ3) is 8.75. The van der Waals surface area contributed by atoms with Crippen LogP contribution in [0.2, 0.25) is 0 Å². The summed E-state index contributed by atoms with van der Waals surface area (Å²) >= 11 is 0. The molecule has 0 spiro atoms. The highest BCUT2D eigenvalue weighted by Crippen LogP contribution is 2.46. The number of H-pyrrole nitrogens is 1. The van der Waals surface area contributed by atoms with Crippen LogP contribution in [-0.4, -0.2) is 75.6 Å². The van der Waals surface area contributed by atoms with Crippen LogP contribution in [-0.2, 0) is 32.9 Å². The molecule has 39 heavy (non-hydrogen) atoms. The first-order chi connectivity index (χ1) is 18.0. The summed E-state index contributed by atoms with van der Waals surface area (Å²) < 4.78 is 64.0. The van der Waals surface area contributed by atoms with Crippen molar-refractivity contribution in [3.8, 4) is 0 Å². The number of nitrogens with zero attached hydrogens (tertiary/aromatic N) is 1. The molecule has 1 aromatic rings. The van der Waals surface area contributed by atoms with Gasteiger partial charge >= 0.3 is 25.3 Å². The lowest BCUT2D eigenvalue weighted by Gasteiger charge is -2.32. The number of aromatic amines is 1. The number of halogens is 2. The minimum absolute atomic E-state index is 0.515. The summed E-state index contributed by atoms with van der Waals surface area (Å²) in [5.41, 5.74) is -4.33. The Kier molecular flexibility index (Phi) is 11.1. The Balaban J connectivity index is 2.32. The molecule has 1 saturated heterocycles. The summed E-state index contributed by atoms with van der Waals surface area (Å²) in [6, 6.07) is -1.61. The molecule has 0 aliphatic carbocycles. The zero-order valence-corrected chi connectivity index (χ0v) is 23.3. The average Bonchev–Trinajstić information content (AvgIpc) is 3.14. The van der Waals surface area contributed by atoms with Crippen LogP contribution >= 0.6 is 7.67 Å². The largest absolute Gasteiger partial charge is 0.462 e. The molecule has 0 radical (unpaired) electrons. The van der Waals surface area contributed by atoms with Gasteiger partial charge in [0.25, 0.3) is 12.0 Å². The highest BCUT2D eigenvalue weighted by molar-refractivity contribution is 7.54. The molecule has 0 amide bonds. The fourth-order valence-corrected chi connectivity index (χ4v) is 5.44. The van der Waals surface area contributed by atoms with E-state index in [4.69, 9.17) is 18.7 Å². The van der Waals surface area contributed by atoms with E-state index in [1.165, 1.54) is 13.8 Å². The maximum atomic E-state index is 14.3. The predicted octanol–water partition coefficient (Wildman–Crippen LogP) is 0.804. The topological polar surface area (TPSA) is 187 Å². The number of esters is 2. The molecule has 5 atom stereocenters. The van der Waals surface area contributed by atoms with Gasteiger partial charge in [-0.15, -0.1) is 0 Å².